The van der Waals surface area contributed by atoms with Gasteiger partial charge in [-0.2, -0.15) is 0 Å². The van der Waals surface area contributed by atoms with Gasteiger partial charge in [-0.25, -0.2) is 0 Å². The molecule has 0 bridgehead atoms. The predicted molar refractivity (Wildman–Crippen MR) is 134 cm³/mol. The van der Waals surface area contributed by atoms with Crippen molar-refractivity contribution in [2.45, 2.75) is 58.4 Å². The molecule has 5 nitrogen and oxygen atoms in total. The Morgan fingerprint density at radius 1 is 1.03 bits per heavy atom. The van der Waals surface area contributed by atoms with Gasteiger partial charge in [0.2, 0.25) is 0 Å². The van der Waals surface area contributed by atoms with Gasteiger partial charge in [0.25, 0.3) is 0 Å². The van der Waals surface area contributed by atoms with E-state index in [1.807, 2.05) is 13.0 Å². The Morgan fingerprint density at radius 3 is 2.39 bits per heavy atom. The van der Waals surface area contributed by atoms with E-state index in [9.17, 15) is 9.90 Å². The number of fused-ring (bicyclic) bond motifs is 1. The molecule has 5 rings (SSSR count). The number of phenols is 1. The first-order valence-electron chi connectivity index (χ1n) is 12.4. The first-order valence-corrected chi connectivity index (χ1v) is 12.4. The molecule has 5 heteroatoms. The topological polar surface area (TPSA) is 57.5 Å². The smallest absolute Gasteiger partial charge is 0.162 e. The van der Waals surface area contributed by atoms with E-state index in [-0.39, 0.29) is 11.5 Å². The van der Waals surface area contributed by atoms with Crippen molar-refractivity contribution in [3.63, 3.8) is 0 Å². The Hall–Kier alpha value is -2.63. The lowest BCUT2D eigenvalue weighted by atomic mass is 9.90. The van der Waals surface area contributed by atoms with E-state index in [4.69, 9.17) is 0 Å². The average molecular weight is 446 g/mol. The molecule has 33 heavy (non-hydrogen) atoms. The highest BCUT2D eigenvalue weighted by Crippen LogP contribution is 2.37. The molecule has 3 aromatic rings. The Kier molecular flexibility index (Phi) is 6.26. The molecule has 1 aromatic heterocycles. The number of likely N-dealkylation sites (tertiary alicyclic amines) is 1. The number of nitrogens with one attached hydrogen (secondary N) is 1. The quantitative estimate of drug-likeness (QED) is 0.523. The molecule has 2 aliphatic rings. The zero-order chi connectivity index (χ0) is 22.9. The van der Waals surface area contributed by atoms with E-state index in [2.05, 4.69) is 39.0 Å². The highest BCUT2D eigenvalue weighted by molar-refractivity contribution is 6.10. The van der Waals surface area contributed by atoms with Crippen LogP contribution in [0.3, 0.4) is 0 Å². The van der Waals surface area contributed by atoms with E-state index in [1.165, 1.54) is 37.7 Å². The van der Waals surface area contributed by atoms with E-state index >= 15 is 0 Å². The van der Waals surface area contributed by atoms with Crippen molar-refractivity contribution >= 4 is 16.7 Å². The minimum absolute atomic E-state index is 0.0491. The minimum Gasteiger partial charge on any atom is -0.508 e. The van der Waals surface area contributed by atoms with Crippen molar-refractivity contribution in [3.8, 4) is 11.4 Å². The van der Waals surface area contributed by atoms with E-state index in [1.54, 1.807) is 13.0 Å². The van der Waals surface area contributed by atoms with Crippen molar-refractivity contribution in [3.05, 3.63) is 58.8 Å². The summed E-state index contributed by atoms with van der Waals surface area (Å²) in [5.74, 6) is 0.950. The van der Waals surface area contributed by atoms with Crippen LogP contribution in [0.25, 0.3) is 16.6 Å². The fourth-order valence-electron chi connectivity index (χ4n) is 5.88. The highest BCUT2D eigenvalue weighted by Gasteiger charge is 2.24. The van der Waals surface area contributed by atoms with Gasteiger partial charge in [0.15, 0.2) is 5.78 Å². The number of aromatic hydroxyl groups is 1. The number of hydrogen-bond donors (Lipinski definition) is 2. The van der Waals surface area contributed by atoms with Gasteiger partial charge in [-0.1, -0.05) is 18.6 Å². The summed E-state index contributed by atoms with van der Waals surface area (Å²) in [7, 11) is 0. The maximum atomic E-state index is 12.8. The molecule has 0 amide bonds. The molecule has 0 aliphatic carbocycles. The third-order valence-electron chi connectivity index (χ3n) is 7.60. The number of piperidine rings is 2. The summed E-state index contributed by atoms with van der Waals surface area (Å²) in [6, 6.07) is 12.6. The molecule has 2 saturated heterocycles. The van der Waals surface area contributed by atoms with Gasteiger partial charge < -0.3 is 15.0 Å². The maximum absolute atomic E-state index is 12.8. The molecule has 0 saturated carbocycles. The first kappa shape index (κ1) is 22.2. The van der Waals surface area contributed by atoms with Gasteiger partial charge in [0.1, 0.15) is 5.75 Å². The van der Waals surface area contributed by atoms with Crippen LogP contribution in [0, 0.1) is 6.92 Å². The molecule has 3 heterocycles. The lowest BCUT2D eigenvalue weighted by molar-refractivity contribution is 0.101. The van der Waals surface area contributed by atoms with Crippen LogP contribution in [0.15, 0.2) is 36.4 Å². The first-order chi connectivity index (χ1) is 16.0. The van der Waals surface area contributed by atoms with Crippen molar-refractivity contribution < 1.29 is 9.90 Å². The zero-order valence-corrected chi connectivity index (χ0v) is 19.9. The molecule has 174 valence electrons. The summed E-state index contributed by atoms with van der Waals surface area (Å²) in [5.41, 5.74) is 6.01. The molecular weight excluding hydrogens is 410 g/mol. The number of phenolic OH excluding ortho intramolecular Hbond substituents is 1. The summed E-state index contributed by atoms with van der Waals surface area (Å²) >= 11 is 0. The van der Waals surface area contributed by atoms with Gasteiger partial charge in [0, 0.05) is 34.4 Å². The summed E-state index contributed by atoms with van der Waals surface area (Å²) in [6.07, 6.45) is 6.02. The van der Waals surface area contributed by atoms with Gasteiger partial charge in [-0.05, 0) is 101 Å². The summed E-state index contributed by atoms with van der Waals surface area (Å²) in [4.78, 5) is 15.2. The fourth-order valence-corrected chi connectivity index (χ4v) is 5.88. The van der Waals surface area contributed by atoms with Gasteiger partial charge in [-0.15, -0.1) is 0 Å². The van der Waals surface area contributed by atoms with Crippen LogP contribution in [0.2, 0.25) is 0 Å². The van der Waals surface area contributed by atoms with E-state index in [0.29, 0.717) is 12.5 Å². The second-order valence-electron chi connectivity index (χ2n) is 9.76. The molecule has 0 spiro atoms. The number of benzene rings is 2. The molecular formula is C28H35N3O2. The van der Waals surface area contributed by atoms with Crippen LogP contribution < -0.4 is 5.32 Å². The van der Waals surface area contributed by atoms with Crippen molar-refractivity contribution in [2.75, 3.05) is 26.2 Å². The number of hydrogen-bond acceptors (Lipinski definition) is 4. The summed E-state index contributed by atoms with van der Waals surface area (Å²) in [6.45, 7) is 8.60. The Labute approximate surface area is 196 Å². The largest absolute Gasteiger partial charge is 0.508 e. The van der Waals surface area contributed by atoms with Crippen molar-refractivity contribution in [2.24, 2.45) is 0 Å². The van der Waals surface area contributed by atoms with Crippen LogP contribution in [0.4, 0.5) is 0 Å². The minimum atomic E-state index is 0.0491. The van der Waals surface area contributed by atoms with Crippen LogP contribution in [-0.2, 0) is 6.54 Å². The molecule has 2 aromatic carbocycles. The second-order valence-corrected chi connectivity index (χ2v) is 9.76. The van der Waals surface area contributed by atoms with Crippen molar-refractivity contribution in [1.29, 1.82) is 0 Å². The standard InChI is InChI=1S/C28H35N3O2/c1-19-27(20(2)32)28-24(18-30-16-4-3-5-17-30)26(33)11-10-25(28)31(19)23-8-6-21(7-9-23)22-12-14-29-15-13-22/h6-11,22,29,33H,3-5,12-18H2,1-2H3. The predicted octanol–water partition coefficient (Wildman–Crippen LogP) is 5.30. The lowest BCUT2D eigenvalue weighted by Gasteiger charge is -2.27. The molecule has 0 atom stereocenters. The summed E-state index contributed by atoms with van der Waals surface area (Å²) < 4.78 is 2.19. The third kappa shape index (κ3) is 4.20. The van der Waals surface area contributed by atoms with Gasteiger partial charge in [-0.3, -0.25) is 9.69 Å². The molecule has 2 fully saturated rings. The molecule has 2 aliphatic heterocycles. The SMILES string of the molecule is CC(=O)c1c(C)n(-c2ccc(C3CCNCC3)cc2)c2ccc(O)c(CN3CCCCC3)c12. The van der Waals surface area contributed by atoms with Crippen LogP contribution >= 0.6 is 0 Å². The maximum Gasteiger partial charge on any atom is 0.162 e. The Bertz CT molecular complexity index is 1150. The number of Topliss-reactive ketones (excluding diaryl/α,β-unsaturated/α-hetero) is 1. The molecule has 0 unspecified atom stereocenters. The zero-order valence-electron chi connectivity index (χ0n) is 19.9. The third-order valence-corrected chi connectivity index (χ3v) is 7.60. The summed E-state index contributed by atoms with van der Waals surface area (Å²) in [5, 5.41) is 15.2. The van der Waals surface area contributed by atoms with E-state index < -0.39 is 0 Å². The Balaban J connectivity index is 1.60. The number of nitrogens with zero attached hydrogens (tertiary/aromatic N) is 2. The van der Waals surface area contributed by atoms with Crippen LogP contribution in [0.1, 0.15) is 72.1 Å². The second kappa shape index (κ2) is 9.32. The molecule has 2 N–H and O–H groups in total. The lowest BCUT2D eigenvalue weighted by Crippen LogP contribution is -2.29. The van der Waals surface area contributed by atoms with E-state index in [0.717, 1.165) is 59.6 Å². The number of rotatable bonds is 5. The fraction of sp³-hybridized carbons (Fsp3) is 0.464. The van der Waals surface area contributed by atoms with Crippen LogP contribution in [0.5, 0.6) is 5.75 Å². The number of ketones is 1. The molecule has 0 radical (unpaired) electrons. The number of carbonyl (C=O) groups excluding carboxylic acids is 1. The van der Waals surface area contributed by atoms with Crippen LogP contribution in [-0.4, -0.2) is 46.5 Å². The number of carbonyl (C=O) groups is 1. The highest BCUT2D eigenvalue weighted by atomic mass is 16.3. The van der Waals surface area contributed by atoms with Crippen molar-refractivity contribution in [1.82, 2.24) is 14.8 Å². The van der Waals surface area contributed by atoms with Gasteiger partial charge in [0.05, 0.1) is 5.52 Å². The Morgan fingerprint density at radius 2 is 1.73 bits per heavy atom. The monoisotopic (exact) mass is 445 g/mol. The average Bonchev–Trinajstić information content (AvgIpc) is 3.14. The number of aromatic nitrogens is 1. The normalized spacial score (nSPS) is 18.1. The van der Waals surface area contributed by atoms with Gasteiger partial charge >= 0.3 is 0 Å².